The molecule has 210 valence electrons. The fraction of sp³-hybridized carbons (Fsp3) is 1.00. The maximum absolute atomic E-state index is 13.5. The van der Waals surface area contributed by atoms with Gasteiger partial charge in [0.15, 0.2) is 0 Å². The molecule has 0 aromatic rings. The molecule has 35 heavy (non-hydrogen) atoms. The molecule has 0 spiro atoms. The number of rotatable bonds is 9. The lowest BCUT2D eigenvalue weighted by molar-refractivity contribution is -0.477. The Kier molecular flexibility index (Phi) is 6.98. The van der Waals surface area contributed by atoms with E-state index >= 15 is 0 Å². The van der Waals surface area contributed by atoms with Crippen molar-refractivity contribution in [3.63, 3.8) is 0 Å². The van der Waals surface area contributed by atoms with E-state index in [1.54, 1.807) is 0 Å². The van der Waals surface area contributed by atoms with E-state index in [0.717, 1.165) is 0 Å². The standard InChI is InChI=1S/C13H5F21O/c14-4(15,1-3-2-35-3)6(17,18)8(21,22)10(25,26)11(27,28)9(23,24)7(19,20)5(16,12(29,30)31)13(32,33)34/h3H,1-2H2. The fourth-order valence-corrected chi connectivity index (χ4v) is 2.35. The molecule has 1 aliphatic rings. The summed E-state index contributed by atoms with van der Waals surface area (Å²) in [5.74, 6) is -59.6. The second kappa shape index (κ2) is 7.75. The molecule has 1 nitrogen and oxygen atoms in total. The summed E-state index contributed by atoms with van der Waals surface area (Å²) in [4.78, 5) is 0. The topological polar surface area (TPSA) is 12.5 Å². The van der Waals surface area contributed by atoms with Crippen molar-refractivity contribution < 1.29 is 96.9 Å². The molecule has 0 aliphatic carbocycles. The average molecular weight is 576 g/mol. The molecule has 1 aliphatic heterocycles. The molecular formula is C13H5F21O. The molecule has 0 saturated carbocycles. The summed E-state index contributed by atoms with van der Waals surface area (Å²) in [7, 11) is 0. The molecule has 22 heteroatoms. The van der Waals surface area contributed by atoms with Crippen molar-refractivity contribution in [2.24, 2.45) is 0 Å². The van der Waals surface area contributed by atoms with Crippen LogP contribution in [0.5, 0.6) is 0 Å². The molecule has 0 N–H and O–H groups in total. The van der Waals surface area contributed by atoms with Crippen molar-refractivity contribution in [2.45, 2.75) is 72.0 Å². The Labute approximate surface area is 177 Å². The summed E-state index contributed by atoms with van der Waals surface area (Å²) in [6.07, 6.45) is -21.6. The first-order chi connectivity index (χ1) is 14.8. The van der Waals surface area contributed by atoms with E-state index in [-0.39, 0.29) is 0 Å². The molecule has 1 heterocycles. The number of epoxide rings is 1. The largest absolute Gasteiger partial charge is 0.438 e. The van der Waals surface area contributed by atoms with Crippen LogP contribution in [0.25, 0.3) is 0 Å². The summed E-state index contributed by atoms with van der Waals surface area (Å²) in [6, 6.07) is 0. The van der Waals surface area contributed by atoms with Crippen LogP contribution in [0.4, 0.5) is 92.2 Å². The van der Waals surface area contributed by atoms with E-state index in [1.165, 1.54) is 0 Å². The smallest absolute Gasteiger partial charge is 0.373 e. The van der Waals surface area contributed by atoms with E-state index in [0.29, 0.717) is 0 Å². The van der Waals surface area contributed by atoms with Crippen LogP contribution in [-0.4, -0.2) is 72.2 Å². The van der Waals surface area contributed by atoms with Crippen LogP contribution in [-0.2, 0) is 4.74 Å². The second-order valence-electron chi connectivity index (χ2n) is 6.96. The van der Waals surface area contributed by atoms with Gasteiger partial charge in [-0.15, -0.1) is 0 Å². The van der Waals surface area contributed by atoms with Gasteiger partial charge >= 0.3 is 59.5 Å². The van der Waals surface area contributed by atoms with E-state index in [1.807, 2.05) is 0 Å². The summed E-state index contributed by atoms with van der Waals surface area (Å²) < 4.78 is 279. The third-order valence-corrected chi connectivity index (χ3v) is 4.53. The van der Waals surface area contributed by atoms with Gasteiger partial charge in [0.2, 0.25) is 0 Å². The molecule has 0 aromatic heterocycles. The maximum atomic E-state index is 13.5. The number of hydrogen-bond donors (Lipinski definition) is 0. The van der Waals surface area contributed by atoms with Crippen LogP contribution in [0.1, 0.15) is 6.42 Å². The summed E-state index contributed by atoms with van der Waals surface area (Å²) in [6.45, 7) is -0.929. The van der Waals surface area contributed by atoms with Crippen molar-refractivity contribution in [1.82, 2.24) is 0 Å². The minimum Gasteiger partial charge on any atom is -0.373 e. The predicted molar refractivity (Wildman–Crippen MR) is 64.9 cm³/mol. The van der Waals surface area contributed by atoms with Gasteiger partial charge in [0, 0.05) is 6.42 Å². The zero-order chi connectivity index (χ0) is 28.7. The monoisotopic (exact) mass is 576 g/mol. The second-order valence-corrected chi connectivity index (χ2v) is 6.96. The first-order valence-corrected chi connectivity index (χ1v) is 7.91. The Balaban J connectivity index is 3.77. The molecule has 1 rings (SSSR count). The van der Waals surface area contributed by atoms with Crippen LogP contribution in [0.2, 0.25) is 0 Å². The third kappa shape index (κ3) is 3.95. The summed E-state index contributed by atoms with van der Waals surface area (Å²) in [5.41, 5.74) is -8.87. The Morgan fingerprint density at radius 3 is 0.943 bits per heavy atom. The lowest BCUT2D eigenvalue weighted by atomic mass is 9.82. The van der Waals surface area contributed by atoms with Crippen LogP contribution in [0.3, 0.4) is 0 Å². The van der Waals surface area contributed by atoms with Crippen molar-refractivity contribution >= 4 is 0 Å². The van der Waals surface area contributed by atoms with Crippen molar-refractivity contribution in [2.75, 3.05) is 6.61 Å². The average Bonchev–Trinajstić information content (AvgIpc) is 3.40. The first kappa shape index (κ1) is 31.5. The van der Waals surface area contributed by atoms with Crippen molar-refractivity contribution in [1.29, 1.82) is 0 Å². The summed E-state index contributed by atoms with van der Waals surface area (Å²) in [5, 5.41) is 0. The highest BCUT2D eigenvalue weighted by Gasteiger charge is 2.99. The van der Waals surface area contributed by atoms with Gasteiger partial charge < -0.3 is 4.74 Å². The molecule has 0 amide bonds. The van der Waals surface area contributed by atoms with E-state index in [9.17, 15) is 92.2 Å². The lowest BCUT2D eigenvalue weighted by Crippen LogP contribution is -2.78. The molecule has 1 unspecified atom stereocenters. The molecule has 0 aromatic carbocycles. The van der Waals surface area contributed by atoms with E-state index in [4.69, 9.17) is 0 Å². The first-order valence-electron chi connectivity index (χ1n) is 7.91. The fourth-order valence-electron chi connectivity index (χ4n) is 2.35. The number of halogens is 21. The lowest BCUT2D eigenvalue weighted by Gasteiger charge is -2.45. The van der Waals surface area contributed by atoms with Crippen LogP contribution < -0.4 is 0 Å². The van der Waals surface area contributed by atoms with Gasteiger partial charge in [-0.1, -0.05) is 0 Å². The van der Waals surface area contributed by atoms with Gasteiger partial charge in [0.25, 0.3) is 0 Å². The molecule has 0 radical (unpaired) electrons. The normalized spacial score (nSPS) is 20.3. The van der Waals surface area contributed by atoms with Crippen LogP contribution >= 0.6 is 0 Å². The minimum atomic E-state index is -9.24. The quantitative estimate of drug-likeness (QED) is 0.212. The van der Waals surface area contributed by atoms with Crippen LogP contribution in [0, 0.1) is 0 Å². The van der Waals surface area contributed by atoms with Gasteiger partial charge in [-0.05, 0) is 0 Å². The van der Waals surface area contributed by atoms with Crippen molar-refractivity contribution in [3.05, 3.63) is 0 Å². The highest BCUT2D eigenvalue weighted by molar-refractivity contribution is 5.20. The van der Waals surface area contributed by atoms with E-state index < -0.39 is 78.6 Å². The summed E-state index contributed by atoms with van der Waals surface area (Å²) >= 11 is 0. The number of ether oxygens (including phenoxy) is 1. The van der Waals surface area contributed by atoms with Gasteiger partial charge in [0.1, 0.15) is 0 Å². The molecule has 1 atom stereocenters. The highest BCUT2D eigenvalue weighted by Crippen LogP contribution is 2.67. The molecular weight excluding hydrogens is 571 g/mol. The van der Waals surface area contributed by atoms with Gasteiger partial charge in [0.05, 0.1) is 12.7 Å². The Bertz CT molecular complexity index is 770. The minimum absolute atomic E-state index is 0.929. The van der Waals surface area contributed by atoms with Gasteiger partial charge in [-0.25, -0.2) is 4.39 Å². The van der Waals surface area contributed by atoms with Crippen LogP contribution in [0.15, 0.2) is 0 Å². The van der Waals surface area contributed by atoms with Gasteiger partial charge in [-0.2, -0.15) is 87.8 Å². The highest BCUT2D eigenvalue weighted by atomic mass is 19.4. The Hall–Kier alpha value is -1.51. The maximum Gasteiger partial charge on any atom is 0.438 e. The zero-order valence-electron chi connectivity index (χ0n) is 15.3. The zero-order valence-corrected chi connectivity index (χ0v) is 15.3. The predicted octanol–water partition coefficient (Wildman–Crippen LogP) is 7.06. The number of alkyl halides is 21. The Morgan fingerprint density at radius 2 is 0.686 bits per heavy atom. The van der Waals surface area contributed by atoms with Crippen molar-refractivity contribution in [3.8, 4) is 0 Å². The van der Waals surface area contributed by atoms with E-state index in [2.05, 4.69) is 4.74 Å². The molecule has 1 fully saturated rings. The molecule has 1 saturated heterocycles. The third-order valence-electron chi connectivity index (χ3n) is 4.53. The number of hydrogen-bond acceptors (Lipinski definition) is 1. The Morgan fingerprint density at radius 1 is 0.429 bits per heavy atom. The SMILES string of the molecule is FC(F)(F)C(F)(C(F)(F)F)C(F)(F)C(F)(F)C(F)(F)C(F)(F)C(F)(F)C(F)(F)C(F)(F)CC1CO1. The molecule has 0 bridgehead atoms. The van der Waals surface area contributed by atoms with Gasteiger partial charge in [-0.3, -0.25) is 0 Å².